The first-order chi connectivity index (χ1) is 13.1. The molecule has 5 rings (SSSR count). The van der Waals surface area contributed by atoms with E-state index in [2.05, 4.69) is 15.3 Å². The van der Waals surface area contributed by atoms with Crippen molar-refractivity contribution in [2.75, 3.05) is 12.3 Å². The molecule has 1 saturated carbocycles. The monoisotopic (exact) mass is 360 g/mol. The Morgan fingerprint density at radius 2 is 1.81 bits per heavy atom. The number of amides is 1. The third-order valence-corrected chi connectivity index (χ3v) is 5.49. The van der Waals surface area contributed by atoms with Gasteiger partial charge in [0.1, 0.15) is 17.3 Å². The van der Waals surface area contributed by atoms with Gasteiger partial charge in [-0.1, -0.05) is 6.07 Å². The molecule has 5 nitrogen and oxygen atoms in total. The van der Waals surface area contributed by atoms with E-state index >= 15 is 0 Å². The van der Waals surface area contributed by atoms with Crippen molar-refractivity contribution in [3.05, 3.63) is 65.6 Å². The van der Waals surface area contributed by atoms with Gasteiger partial charge in [0.15, 0.2) is 0 Å². The predicted octanol–water partition coefficient (Wildman–Crippen LogP) is 3.31. The number of fused-ring (bicyclic) bond motifs is 2. The standard InChI is InChI=1S/C21H17FN4O/c22-14-4-1-12(2-5-14)17-10-24-19(23)18(26-17)13-3-6-15-16(9-13)21(7-8-21)11-25-20(15)27/h1-6,9-10H,7-8,11H2,(H2,23,24)(H,25,27). The van der Waals surface area contributed by atoms with Gasteiger partial charge in [-0.15, -0.1) is 0 Å². The van der Waals surface area contributed by atoms with Crippen LogP contribution in [0.5, 0.6) is 0 Å². The highest BCUT2D eigenvalue weighted by Gasteiger charge is 2.48. The minimum absolute atomic E-state index is 0.0341. The second kappa shape index (κ2) is 5.61. The fourth-order valence-corrected chi connectivity index (χ4v) is 3.74. The Hall–Kier alpha value is -3.28. The summed E-state index contributed by atoms with van der Waals surface area (Å²) in [6, 6.07) is 11.8. The molecule has 134 valence electrons. The van der Waals surface area contributed by atoms with Crippen LogP contribution in [0.2, 0.25) is 0 Å². The number of benzene rings is 2. The average Bonchev–Trinajstić information content (AvgIpc) is 3.47. The summed E-state index contributed by atoms with van der Waals surface area (Å²) < 4.78 is 13.2. The summed E-state index contributed by atoms with van der Waals surface area (Å²) in [5, 5.41) is 2.97. The zero-order chi connectivity index (χ0) is 18.6. The second-order valence-electron chi connectivity index (χ2n) is 7.22. The summed E-state index contributed by atoms with van der Waals surface area (Å²) >= 11 is 0. The first kappa shape index (κ1) is 15.9. The molecule has 2 aromatic carbocycles. The molecule has 0 bridgehead atoms. The van der Waals surface area contributed by atoms with Crippen LogP contribution < -0.4 is 11.1 Å². The van der Waals surface area contributed by atoms with Gasteiger partial charge < -0.3 is 11.1 Å². The van der Waals surface area contributed by atoms with E-state index in [9.17, 15) is 9.18 Å². The van der Waals surface area contributed by atoms with Crippen LogP contribution in [0.3, 0.4) is 0 Å². The van der Waals surface area contributed by atoms with Gasteiger partial charge in [-0.2, -0.15) is 0 Å². The van der Waals surface area contributed by atoms with E-state index in [4.69, 9.17) is 5.73 Å². The lowest BCUT2D eigenvalue weighted by molar-refractivity contribution is 0.0937. The molecule has 1 aliphatic carbocycles. The first-order valence-electron chi connectivity index (χ1n) is 8.87. The molecular formula is C21H17FN4O. The zero-order valence-corrected chi connectivity index (χ0v) is 14.5. The maximum Gasteiger partial charge on any atom is 0.251 e. The molecule has 1 spiro atoms. The maximum absolute atomic E-state index is 13.2. The Kier molecular flexibility index (Phi) is 3.31. The molecule has 0 radical (unpaired) electrons. The Bertz CT molecular complexity index is 1070. The van der Waals surface area contributed by atoms with E-state index in [0.717, 1.165) is 35.1 Å². The number of hydrogen-bond acceptors (Lipinski definition) is 4. The van der Waals surface area contributed by atoms with E-state index in [1.807, 2.05) is 18.2 Å². The van der Waals surface area contributed by atoms with E-state index in [0.29, 0.717) is 23.8 Å². The van der Waals surface area contributed by atoms with Crippen molar-refractivity contribution in [2.45, 2.75) is 18.3 Å². The lowest BCUT2D eigenvalue weighted by Crippen LogP contribution is -2.39. The minimum Gasteiger partial charge on any atom is -0.382 e. The lowest BCUT2D eigenvalue weighted by atomic mass is 9.86. The van der Waals surface area contributed by atoms with Crippen molar-refractivity contribution in [3.8, 4) is 22.5 Å². The number of nitrogens with zero attached hydrogens (tertiary/aromatic N) is 2. The van der Waals surface area contributed by atoms with E-state index in [1.165, 1.54) is 12.1 Å². The lowest BCUT2D eigenvalue weighted by Gasteiger charge is -2.26. The van der Waals surface area contributed by atoms with Crippen LogP contribution >= 0.6 is 0 Å². The SMILES string of the molecule is Nc1ncc(-c2ccc(F)cc2)nc1-c1ccc2c(c1)C1(CC1)CNC2=O. The van der Waals surface area contributed by atoms with Gasteiger partial charge in [-0.05, 0) is 54.8 Å². The normalized spacial score (nSPS) is 16.7. The Balaban J connectivity index is 1.62. The fraction of sp³-hybridized carbons (Fsp3) is 0.190. The third kappa shape index (κ3) is 2.56. The highest BCUT2D eigenvalue weighted by atomic mass is 19.1. The first-order valence-corrected chi connectivity index (χ1v) is 8.87. The molecule has 6 heteroatoms. The van der Waals surface area contributed by atoms with Crippen molar-refractivity contribution in [1.29, 1.82) is 0 Å². The smallest absolute Gasteiger partial charge is 0.251 e. The minimum atomic E-state index is -0.301. The van der Waals surface area contributed by atoms with Crippen molar-refractivity contribution in [3.63, 3.8) is 0 Å². The van der Waals surface area contributed by atoms with Gasteiger partial charge in [-0.25, -0.2) is 14.4 Å². The zero-order valence-electron chi connectivity index (χ0n) is 14.5. The molecule has 0 saturated heterocycles. The molecule has 3 aromatic rings. The van der Waals surface area contributed by atoms with Crippen LogP contribution in [-0.2, 0) is 5.41 Å². The van der Waals surface area contributed by atoms with Crippen LogP contribution in [0.15, 0.2) is 48.7 Å². The molecular weight excluding hydrogens is 343 g/mol. The summed E-state index contributed by atoms with van der Waals surface area (Å²) in [7, 11) is 0. The number of carbonyl (C=O) groups is 1. The summed E-state index contributed by atoms with van der Waals surface area (Å²) in [5.41, 5.74) is 10.7. The van der Waals surface area contributed by atoms with Crippen molar-refractivity contribution >= 4 is 11.7 Å². The van der Waals surface area contributed by atoms with Crippen LogP contribution in [0.1, 0.15) is 28.8 Å². The quantitative estimate of drug-likeness (QED) is 0.735. The van der Waals surface area contributed by atoms with E-state index in [-0.39, 0.29) is 17.1 Å². The molecule has 1 aromatic heterocycles. The molecule has 3 N–H and O–H groups in total. The van der Waals surface area contributed by atoms with Crippen LogP contribution in [0, 0.1) is 5.82 Å². The second-order valence-corrected chi connectivity index (χ2v) is 7.22. The Morgan fingerprint density at radius 1 is 1.07 bits per heavy atom. The van der Waals surface area contributed by atoms with Gasteiger partial charge in [0.2, 0.25) is 0 Å². The van der Waals surface area contributed by atoms with Gasteiger partial charge >= 0.3 is 0 Å². The molecule has 2 aliphatic rings. The van der Waals surface area contributed by atoms with Crippen molar-refractivity contribution < 1.29 is 9.18 Å². The average molecular weight is 360 g/mol. The van der Waals surface area contributed by atoms with Crippen molar-refractivity contribution in [1.82, 2.24) is 15.3 Å². The van der Waals surface area contributed by atoms with E-state index < -0.39 is 0 Å². The molecule has 1 amide bonds. The summed E-state index contributed by atoms with van der Waals surface area (Å²) in [4.78, 5) is 21.1. The highest BCUT2D eigenvalue weighted by Crippen LogP contribution is 2.51. The van der Waals surface area contributed by atoms with Gasteiger partial charge in [0, 0.05) is 28.7 Å². The molecule has 1 aliphatic heterocycles. The Labute approximate surface area is 155 Å². The number of anilines is 1. The van der Waals surface area contributed by atoms with Gasteiger partial charge in [0.25, 0.3) is 5.91 Å². The fourth-order valence-electron chi connectivity index (χ4n) is 3.74. The molecule has 27 heavy (non-hydrogen) atoms. The largest absolute Gasteiger partial charge is 0.382 e. The van der Waals surface area contributed by atoms with Gasteiger partial charge in [0.05, 0.1) is 11.9 Å². The predicted molar refractivity (Wildman–Crippen MR) is 101 cm³/mol. The number of aromatic nitrogens is 2. The summed E-state index contributed by atoms with van der Waals surface area (Å²) in [5.74, 6) is -0.0100. The molecule has 2 heterocycles. The number of nitrogen functional groups attached to an aromatic ring is 1. The van der Waals surface area contributed by atoms with E-state index in [1.54, 1.807) is 18.3 Å². The number of nitrogens with one attached hydrogen (secondary N) is 1. The molecule has 0 atom stereocenters. The third-order valence-electron chi connectivity index (χ3n) is 5.49. The maximum atomic E-state index is 13.2. The highest BCUT2D eigenvalue weighted by molar-refractivity contribution is 5.98. The number of nitrogens with two attached hydrogens (primary N) is 1. The summed E-state index contributed by atoms with van der Waals surface area (Å²) in [6.45, 7) is 0.680. The molecule has 0 unspecified atom stereocenters. The van der Waals surface area contributed by atoms with Gasteiger partial charge in [-0.3, -0.25) is 4.79 Å². The van der Waals surface area contributed by atoms with Crippen LogP contribution in [-0.4, -0.2) is 22.4 Å². The van der Waals surface area contributed by atoms with Crippen molar-refractivity contribution in [2.24, 2.45) is 0 Å². The molecule has 1 fully saturated rings. The summed E-state index contributed by atoms with van der Waals surface area (Å²) in [6.07, 6.45) is 3.72. The number of rotatable bonds is 2. The number of hydrogen-bond donors (Lipinski definition) is 2. The van der Waals surface area contributed by atoms with Crippen LogP contribution in [0.4, 0.5) is 10.2 Å². The number of carbonyl (C=O) groups excluding carboxylic acids is 1. The topological polar surface area (TPSA) is 80.9 Å². The Morgan fingerprint density at radius 3 is 2.56 bits per heavy atom. The van der Waals surface area contributed by atoms with Crippen LogP contribution in [0.25, 0.3) is 22.5 Å². The number of halogens is 1.